The quantitative estimate of drug-likeness (QED) is 0.863. The van der Waals surface area contributed by atoms with Gasteiger partial charge in [-0.25, -0.2) is 0 Å². The fraction of sp³-hybridized carbons (Fsp3) is 0.643. The number of aryl methyl sites for hydroxylation is 2. The lowest BCUT2D eigenvalue weighted by atomic mass is 9.81. The van der Waals surface area contributed by atoms with Gasteiger partial charge < -0.3 is 15.1 Å². The van der Waals surface area contributed by atoms with E-state index < -0.39 is 0 Å². The molecule has 1 fully saturated rings. The van der Waals surface area contributed by atoms with Crippen LogP contribution in [0.2, 0.25) is 0 Å². The van der Waals surface area contributed by atoms with Crippen LogP contribution in [0.1, 0.15) is 41.6 Å². The van der Waals surface area contributed by atoms with Gasteiger partial charge >= 0.3 is 0 Å². The zero-order chi connectivity index (χ0) is 13.2. The number of carbonyl (C=O) groups excluding carboxylic acids is 1. The number of hydrogen-bond acceptors (Lipinski definition) is 3. The summed E-state index contributed by atoms with van der Waals surface area (Å²) >= 11 is 0. The van der Waals surface area contributed by atoms with E-state index in [0.717, 1.165) is 38.2 Å². The first kappa shape index (κ1) is 13.1. The maximum Gasteiger partial charge on any atom is 0.254 e. The van der Waals surface area contributed by atoms with Gasteiger partial charge in [-0.05, 0) is 51.3 Å². The first-order chi connectivity index (χ1) is 8.50. The second-order valence-electron chi connectivity index (χ2n) is 5.57. The molecule has 2 rings (SSSR count). The molecule has 2 heterocycles. The summed E-state index contributed by atoms with van der Waals surface area (Å²) < 4.78 is 5.38. The fourth-order valence-electron chi connectivity index (χ4n) is 2.45. The van der Waals surface area contributed by atoms with E-state index in [1.807, 2.05) is 13.8 Å². The predicted molar refractivity (Wildman–Crippen MR) is 70.7 cm³/mol. The van der Waals surface area contributed by atoms with Gasteiger partial charge in [0.15, 0.2) is 0 Å². The summed E-state index contributed by atoms with van der Waals surface area (Å²) in [4.78, 5) is 12.1. The number of hydrogen-bond donors (Lipinski definition) is 2. The predicted octanol–water partition coefficient (Wildman–Crippen LogP) is 2.02. The first-order valence-corrected chi connectivity index (χ1v) is 6.56. The molecule has 4 nitrogen and oxygen atoms in total. The third kappa shape index (κ3) is 2.93. The Balaban J connectivity index is 1.94. The smallest absolute Gasteiger partial charge is 0.254 e. The molecule has 1 aromatic rings. The molecular formula is C14H22N2O2. The van der Waals surface area contributed by atoms with Crippen LogP contribution >= 0.6 is 0 Å². The summed E-state index contributed by atoms with van der Waals surface area (Å²) in [5.74, 6) is 1.45. The molecule has 0 unspecified atom stereocenters. The zero-order valence-corrected chi connectivity index (χ0v) is 11.4. The minimum atomic E-state index is -0.0240. The molecule has 1 aliphatic rings. The van der Waals surface area contributed by atoms with Crippen LogP contribution in [-0.4, -0.2) is 25.5 Å². The molecule has 2 N–H and O–H groups in total. The van der Waals surface area contributed by atoms with Gasteiger partial charge in [0.25, 0.3) is 5.91 Å². The van der Waals surface area contributed by atoms with Crippen LogP contribution in [0, 0.1) is 19.3 Å². The maximum absolute atomic E-state index is 12.1. The molecule has 0 spiro atoms. The van der Waals surface area contributed by atoms with Gasteiger partial charge in [-0.2, -0.15) is 0 Å². The van der Waals surface area contributed by atoms with Gasteiger partial charge in [0.05, 0.1) is 5.56 Å². The fourth-order valence-corrected chi connectivity index (χ4v) is 2.45. The van der Waals surface area contributed by atoms with E-state index in [9.17, 15) is 4.79 Å². The molecule has 4 heteroatoms. The number of furan rings is 1. The lowest BCUT2D eigenvalue weighted by Crippen LogP contribution is -2.42. The summed E-state index contributed by atoms with van der Waals surface area (Å²) in [5, 5.41) is 6.38. The van der Waals surface area contributed by atoms with Gasteiger partial charge in [-0.15, -0.1) is 0 Å². The van der Waals surface area contributed by atoms with Gasteiger partial charge in [-0.3, -0.25) is 4.79 Å². The van der Waals surface area contributed by atoms with Crippen LogP contribution in [0.25, 0.3) is 0 Å². The molecular weight excluding hydrogens is 228 g/mol. The molecule has 100 valence electrons. The minimum Gasteiger partial charge on any atom is -0.466 e. The van der Waals surface area contributed by atoms with Crippen molar-refractivity contribution in [2.45, 2.75) is 33.6 Å². The molecule has 0 aliphatic carbocycles. The van der Waals surface area contributed by atoms with Crippen molar-refractivity contribution < 1.29 is 9.21 Å². The number of amides is 1. The van der Waals surface area contributed by atoms with Crippen molar-refractivity contribution in [1.29, 1.82) is 0 Å². The molecule has 0 bridgehead atoms. The highest BCUT2D eigenvalue weighted by Crippen LogP contribution is 2.26. The maximum atomic E-state index is 12.1. The molecule has 1 aromatic heterocycles. The van der Waals surface area contributed by atoms with E-state index in [2.05, 4.69) is 17.6 Å². The van der Waals surface area contributed by atoms with Gasteiger partial charge in [0.2, 0.25) is 0 Å². The highest BCUT2D eigenvalue weighted by atomic mass is 16.3. The largest absolute Gasteiger partial charge is 0.466 e. The van der Waals surface area contributed by atoms with Crippen molar-refractivity contribution in [2.75, 3.05) is 19.6 Å². The van der Waals surface area contributed by atoms with Crippen molar-refractivity contribution >= 4 is 5.91 Å². The monoisotopic (exact) mass is 250 g/mol. The van der Waals surface area contributed by atoms with E-state index in [-0.39, 0.29) is 11.3 Å². The SMILES string of the molecule is Cc1cc(C(=O)NCC2(C)CCNCC2)c(C)o1. The van der Waals surface area contributed by atoms with Crippen LogP contribution < -0.4 is 10.6 Å². The third-order valence-electron chi connectivity index (χ3n) is 3.77. The highest BCUT2D eigenvalue weighted by Gasteiger charge is 2.27. The average molecular weight is 250 g/mol. The Morgan fingerprint density at radius 3 is 2.67 bits per heavy atom. The Kier molecular flexibility index (Phi) is 3.76. The van der Waals surface area contributed by atoms with E-state index in [4.69, 9.17) is 4.42 Å². The lowest BCUT2D eigenvalue weighted by Gasteiger charge is -2.34. The van der Waals surface area contributed by atoms with E-state index in [1.54, 1.807) is 6.07 Å². The molecule has 1 saturated heterocycles. The third-order valence-corrected chi connectivity index (χ3v) is 3.77. The van der Waals surface area contributed by atoms with E-state index >= 15 is 0 Å². The summed E-state index contributed by atoms with van der Waals surface area (Å²) in [7, 11) is 0. The van der Waals surface area contributed by atoms with Crippen molar-refractivity contribution in [3.05, 3.63) is 23.2 Å². The topological polar surface area (TPSA) is 54.3 Å². The van der Waals surface area contributed by atoms with Crippen LogP contribution in [-0.2, 0) is 0 Å². The second kappa shape index (κ2) is 5.14. The van der Waals surface area contributed by atoms with Crippen LogP contribution in [0.15, 0.2) is 10.5 Å². The summed E-state index contributed by atoms with van der Waals surface area (Å²) in [5.41, 5.74) is 0.873. The zero-order valence-electron chi connectivity index (χ0n) is 11.4. The Bertz CT molecular complexity index is 431. The number of rotatable bonds is 3. The van der Waals surface area contributed by atoms with Crippen molar-refractivity contribution in [2.24, 2.45) is 5.41 Å². The van der Waals surface area contributed by atoms with Crippen molar-refractivity contribution in [3.63, 3.8) is 0 Å². The van der Waals surface area contributed by atoms with Crippen LogP contribution in [0.3, 0.4) is 0 Å². The summed E-state index contributed by atoms with van der Waals surface area (Å²) in [6.07, 6.45) is 2.22. The van der Waals surface area contributed by atoms with Crippen LogP contribution in [0.4, 0.5) is 0 Å². The van der Waals surface area contributed by atoms with Crippen molar-refractivity contribution in [1.82, 2.24) is 10.6 Å². The molecule has 1 aliphatic heterocycles. The summed E-state index contributed by atoms with van der Waals surface area (Å²) in [6.45, 7) is 8.73. The summed E-state index contributed by atoms with van der Waals surface area (Å²) in [6, 6.07) is 1.80. The minimum absolute atomic E-state index is 0.0240. The molecule has 1 amide bonds. The first-order valence-electron chi connectivity index (χ1n) is 6.56. The van der Waals surface area contributed by atoms with Gasteiger partial charge in [0, 0.05) is 6.54 Å². The van der Waals surface area contributed by atoms with E-state index in [0.29, 0.717) is 11.3 Å². The van der Waals surface area contributed by atoms with E-state index in [1.165, 1.54) is 0 Å². The molecule has 0 aromatic carbocycles. The average Bonchev–Trinajstić information content (AvgIpc) is 2.67. The second-order valence-corrected chi connectivity index (χ2v) is 5.57. The standard InChI is InChI=1S/C14H22N2O2/c1-10-8-12(11(2)18-10)13(17)16-9-14(3)4-6-15-7-5-14/h8,15H,4-7,9H2,1-3H3,(H,16,17). The Hall–Kier alpha value is -1.29. The molecule has 18 heavy (non-hydrogen) atoms. The van der Waals surface area contributed by atoms with Crippen LogP contribution in [0.5, 0.6) is 0 Å². The molecule has 0 saturated carbocycles. The van der Waals surface area contributed by atoms with Gasteiger partial charge in [0.1, 0.15) is 11.5 Å². The number of carbonyl (C=O) groups is 1. The number of piperidine rings is 1. The normalized spacial score (nSPS) is 18.6. The lowest BCUT2D eigenvalue weighted by molar-refractivity contribution is 0.0920. The van der Waals surface area contributed by atoms with Gasteiger partial charge in [-0.1, -0.05) is 6.92 Å². The molecule has 0 atom stereocenters. The highest BCUT2D eigenvalue weighted by molar-refractivity contribution is 5.95. The van der Waals surface area contributed by atoms with Crippen molar-refractivity contribution in [3.8, 4) is 0 Å². The number of nitrogens with one attached hydrogen (secondary N) is 2. The molecule has 0 radical (unpaired) electrons. The Morgan fingerprint density at radius 2 is 2.11 bits per heavy atom. The Labute approximate surface area is 108 Å². The Morgan fingerprint density at radius 1 is 1.44 bits per heavy atom.